The highest BCUT2D eigenvalue weighted by Crippen LogP contribution is 2.47. The van der Waals surface area contributed by atoms with E-state index in [1.165, 1.54) is 111 Å². The molecule has 2 nitrogen and oxygen atoms in total. The topological polar surface area (TPSA) is 34.1 Å². The Morgan fingerprint density at radius 2 is 1.07 bits per heavy atom. The average Bonchev–Trinajstić information content (AvgIpc) is 3.82. The van der Waals surface area contributed by atoms with Crippen LogP contribution in [-0.4, -0.2) is 11.6 Å². The van der Waals surface area contributed by atoms with Crippen molar-refractivity contribution in [1.29, 1.82) is 0 Å². The summed E-state index contributed by atoms with van der Waals surface area (Å²) in [7, 11) is 0. The highest BCUT2D eigenvalue weighted by molar-refractivity contribution is 9.11. The Kier molecular flexibility index (Phi) is 13.3. The van der Waals surface area contributed by atoms with Crippen molar-refractivity contribution in [3.63, 3.8) is 0 Å². The number of allylic oxidation sites excluding steroid dienone is 1. The number of aryl methyl sites for hydroxylation is 3. The van der Waals surface area contributed by atoms with Gasteiger partial charge in [-0.1, -0.05) is 103 Å². The Bertz CT molecular complexity index is 1630. The summed E-state index contributed by atoms with van der Waals surface area (Å²) in [5.74, 6) is -0.303. The maximum Gasteiger partial charge on any atom is 0.197 e. The molecule has 4 aromatic rings. The van der Waals surface area contributed by atoms with E-state index >= 15 is 0 Å². The summed E-state index contributed by atoms with van der Waals surface area (Å²) in [4.78, 5) is 32.8. The molecule has 1 aromatic carbocycles. The highest BCUT2D eigenvalue weighted by Gasteiger charge is 2.33. The zero-order valence-corrected chi connectivity index (χ0v) is 31.7. The Hall–Kier alpha value is -2.12. The monoisotopic (exact) mass is 734 g/mol. The molecule has 1 aliphatic carbocycles. The van der Waals surface area contributed by atoms with Crippen LogP contribution in [0.5, 0.6) is 0 Å². The van der Waals surface area contributed by atoms with Crippen molar-refractivity contribution in [2.75, 3.05) is 0 Å². The highest BCUT2D eigenvalue weighted by atomic mass is 79.9. The molecular weight excluding hydrogens is 689 g/mol. The third-order valence-electron chi connectivity index (χ3n) is 8.93. The van der Waals surface area contributed by atoms with E-state index in [0.717, 1.165) is 30.6 Å². The molecule has 0 radical (unpaired) electrons. The van der Waals surface area contributed by atoms with Gasteiger partial charge in [-0.2, -0.15) is 0 Å². The number of rotatable bonds is 18. The molecule has 0 saturated heterocycles. The Morgan fingerprint density at radius 1 is 0.587 bits per heavy atom. The molecular formula is C40H47BrO2S3. The van der Waals surface area contributed by atoms with E-state index < -0.39 is 0 Å². The summed E-state index contributed by atoms with van der Waals surface area (Å²) < 4.78 is 1.28. The fourth-order valence-electron chi connectivity index (χ4n) is 6.31. The lowest BCUT2D eigenvalue weighted by molar-refractivity contribution is 0.0990. The van der Waals surface area contributed by atoms with Crippen LogP contribution in [-0.2, 0) is 19.3 Å². The van der Waals surface area contributed by atoms with Gasteiger partial charge < -0.3 is 0 Å². The van der Waals surface area contributed by atoms with Crippen LogP contribution in [0.15, 0.2) is 51.8 Å². The van der Waals surface area contributed by atoms with Gasteiger partial charge in [-0.05, 0) is 95.4 Å². The normalized spacial score (nSPS) is 12.8. The number of hydrogen-bond donors (Lipinski definition) is 0. The van der Waals surface area contributed by atoms with E-state index in [9.17, 15) is 9.59 Å². The molecule has 3 heterocycles. The lowest BCUT2D eigenvalue weighted by Crippen LogP contribution is -1.99. The van der Waals surface area contributed by atoms with Gasteiger partial charge in [0.2, 0.25) is 0 Å². The number of unbranched alkanes of at least 4 members (excludes halogenated alkanes) is 9. The molecule has 6 heteroatoms. The van der Waals surface area contributed by atoms with Crippen molar-refractivity contribution in [1.82, 2.24) is 0 Å². The van der Waals surface area contributed by atoms with Crippen LogP contribution in [0.2, 0.25) is 0 Å². The molecule has 1 aliphatic rings. The Morgan fingerprint density at radius 3 is 1.63 bits per heavy atom. The summed E-state index contributed by atoms with van der Waals surface area (Å²) in [6.07, 6.45) is 20.0. The van der Waals surface area contributed by atoms with Crippen LogP contribution in [0.1, 0.15) is 140 Å². The molecule has 0 aliphatic heterocycles. The van der Waals surface area contributed by atoms with Crippen LogP contribution in [0.25, 0.3) is 25.6 Å². The van der Waals surface area contributed by atoms with Crippen LogP contribution < -0.4 is 0 Å². The number of carbonyl (C=O) groups is 2. The largest absolute Gasteiger partial charge is 0.288 e. The van der Waals surface area contributed by atoms with Crippen LogP contribution in [0.3, 0.4) is 0 Å². The SMILES string of the molecule is CCCCCCc1cc(-c2sc(-c3sc(C=C4C(=O)c5ccccc5C4=O)cc3CCCCCC)cc2CCCCCC)sc1Br. The fourth-order valence-corrected chi connectivity index (χ4v) is 10.7. The predicted molar refractivity (Wildman–Crippen MR) is 205 cm³/mol. The predicted octanol–water partition coefficient (Wildman–Crippen LogP) is 13.8. The van der Waals surface area contributed by atoms with Gasteiger partial charge in [0.25, 0.3) is 0 Å². The molecule has 0 atom stereocenters. The van der Waals surface area contributed by atoms with Crippen LogP contribution >= 0.6 is 49.9 Å². The Balaban J connectivity index is 1.50. The molecule has 0 amide bonds. The molecule has 0 bridgehead atoms. The zero-order chi connectivity index (χ0) is 32.5. The first-order valence-electron chi connectivity index (χ1n) is 17.4. The van der Waals surface area contributed by atoms with Gasteiger partial charge in [0.15, 0.2) is 11.6 Å². The van der Waals surface area contributed by atoms with Gasteiger partial charge in [-0.25, -0.2) is 0 Å². The third kappa shape index (κ3) is 8.47. The standard InChI is InChI=1S/C40H47BrO2S3/c1-4-7-10-13-18-27-23-30(26-33-36(42)31-21-16-17-22-32(31)37(33)43)44-38(27)34-24-28(19-14-11-8-5-2)39(45-34)35-25-29(40(41)46-35)20-15-12-9-6-3/h16-17,21-26H,4-15,18-20H2,1-3H3. The first kappa shape index (κ1) is 35.2. The molecule has 0 spiro atoms. The maximum atomic E-state index is 13.2. The van der Waals surface area contributed by atoms with Gasteiger partial charge in [-0.15, -0.1) is 34.0 Å². The number of fused-ring (bicyclic) bond motifs is 1. The minimum absolute atomic E-state index is 0.151. The second-order valence-corrected chi connectivity index (χ2v) is 17.1. The van der Waals surface area contributed by atoms with E-state index in [0.29, 0.717) is 16.7 Å². The first-order valence-corrected chi connectivity index (χ1v) is 20.6. The smallest absolute Gasteiger partial charge is 0.197 e. The average molecular weight is 736 g/mol. The first-order chi connectivity index (χ1) is 22.4. The van der Waals surface area contributed by atoms with Crippen molar-refractivity contribution in [2.45, 2.75) is 117 Å². The minimum Gasteiger partial charge on any atom is -0.288 e. The summed E-state index contributed by atoms with van der Waals surface area (Å²) in [5.41, 5.74) is 5.60. The van der Waals surface area contributed by atoms with Crippen molar-refractivity contribution in [3.8, 4) is 19.5 Å². The van der Waals surface area contributed by atoms with Crippen molar-refractivity contribution >= 4 is 67.6 Å². The fraction of sp³-hybridized carbons (Fsp3) is 0.450. The van der Waals surface area contributed by atoms with Gasteiger partial charge in [-0.3, -0.25) is 9.59 Å². The molecule has 46 heavy (non-hydrogen) atoms. The number of carbonyl (C=O) groups excluding carboxylic acids is 2. The summed E-state index contributed by atoms with van der Waals surface area (Å²) >= 11 is 9.48. The molecule has 0 unspecified atom stereocenters. The summed E-state index contributed by atoms with van der Waals surface area (Å²) in [6, 6.07) is 14.4. The van der Waals surface area contributed by atoms with E-state index in [2.05, 4.69) is 54.9 Å². The van der Waals surface area contributed by atoms with Gasteiger partial charge in [0.05, 0.1) is 9.36 Å². The maximum absolute atomic E-state index is 13.2. The lowest BCUT2D eigenvalue weighted by atomic mass is 10.0. The van der Waals surface area contributed by atoms with E-state index in [4.69, 9.17) is 0 Å². The summed E-state index contributed by atoms with van der Waals surface area (Å²) in [5, 5.41) is 0. The lowest BCUT2D eigenvalue weighted by Gasteiger charge is -2.02. The zero-order valence-electron chi connectivity index (χ0n) is 27.6. The quantitative estimate of drug-likeness (QED) is 0.0579. The van der Waals surface area contributed by atoms with Gasteiger partial charge >= 0.3 is 0 Å². The number of ketones is 2. The molecule has 5 rings (SSSR count). The summed E-state index contributed by atoms with van der Waals surface area (Å²) in [6.45, 7) is 6.80. The van der Waals surface area contributed by atoms with Crippen LogP contribution in [0.4, 0.5) is 0 Å². The number of benzene rings is 1. The number of Topliss-reactive ketones (excluding diaryl/α,β-unsaturated/α-hetero) is 2. The van der Waals surface area contributed by atoms with Crippen LogP contribution in [0, 0.1) is 0 Å². The number of hydrogen-bond acceptors (Lipinski definition) is 5. The second kappa shape index (κ2) is 17.3. The molecule has 0 N–H and O–H groups in total. The second-order valence-electron chi connectivity index (χ2n) is 12.6. The molecule has 244 valence electrons. The van der Waals surface area contributed by atoms with Gasteiger partial charge in [0, 0.05) is 35.5 Å². The van der Waals surface area contributed by atoms with E-state index in [1.54, 1.807) is 23.5 Å². The number of thiophene rings is 3. The molecule has 0 saturated carbocycles. The Labute approximate surface area is 296 Å². The van der Waals surface area contributed by atoms with Gasteiger partial charge in [0.1, 0.15) is 0 Å². The van der Waals surface area contributed by atoms with Crippen molar-refractivity contribution < 1.29 is 9.59 Å². The van der Waals surface area contributed by atoms with Crippen molar-refractivity contribution in [3.05, 3.63) is 84.5 Å². The molecule has 3 aromatic heterocycles. The van der Waals surface area contributed by atoms with E-state index in [1.807, 2.05) is 40.9 Å². The van der Waals surface area contributed by atoms with Crippen molar-refractivity contribution in [2.24, 2.45) is 0 Å². The number of halogens is 1. The minimum atomic E-state index is -0.151. The molecule has 0 fully saturated rings. The third-order valence-corrected chi connectivity index (χ3v) is 13.6. The van der Waals surface area contributed by atoms with E-state index in [-0.39, 0.29) is 11.6 Å².